The van der Waals surface area contributed by atoms with Crippen LogP contribution in [0.1, 0.15) is 47.5 Å². The SMILES string of the molecule is CC[C@@H](C)CC(=O)N1CCc2c(sc(S(=O)(=O)Nc3ccc(F)c(F)c3)c2C(=O)OC)C1. The Morgan fingerprint density at radius 1 is 1.28 bits per heavy atom. The van der Waals surface area contributed by atoms with Crippen LogP contribution < -0.4 is 4.72 Å². The molecule has 3 rings (SSSR count). The number of ether oxygens (including phenoxy) is 1. The number of sulfonamides is 1. The van der Waals surface area contributed by atoms with Gasteiger partial charge in [0.1, 0.15) is 0 Å². The summed E-state index contributed by atoms with van der Waals surface area (Å²) < 4.78 is 59.5. The first-order valence-electron chi connectivity index (χ1n) is 10.1. The average molecular weight is 487 g/mol. The van der Waals surface area contributed by atoms with Crippen LogP contribution in [0.15, 0.2) is 22.4 Å². The molecule has 0 fully saturated rings. The molecule has 174 valence electrons. The third-order valence-electron chi connectivity index (χ3n) is 5.40. The molecule has 1 aromatic heterocycles. The number of benzene rings is 1. The van der Waals surface area contributed by atoms with E-state index < -0.39 is 27.6 Å². The molecule has 1 aliphatic heterocycles. The van der Waals surface area contributed by atoms with Crippen LogP contribution >= 0.6 is 11.3 Å². The highest BCUT2D eigenvalue weighted by Gasteiger charge is 2.35. The standard InChI is InChI=1S/C21H24F2N2O5S2/c1-4-12(2)9-18(26)25-8-7-14-17(11-25)31-21(19(14)20(27)30-3)32(28,29)24-13-5-6-15(22)16(23)10-13/h5-6,10,12,24H,4,7-9,11H2,1-3H3/t12-/m1/s1. The summed E-state index contributed by atoms with van der Waals surface area (Å²) in [7, 11) is -3.16. The van der Waals surface area contributed by atoms with Gasteiger partial charge in [-0.05, 0) is 30.0 Å². The molecule has 0 saturated carbocycles. The van der Waals surface area contributed by atoms with Gasteiger partial charge in [0, 0.05) is 23.9 Å². The fraction of sp³-hybridized carbons (Fsp3) is 0.429. The summed E-state index contributed by atoms with van der Waals surface area (Å²) in [6, 6.07) is 2.60. The summed E-state index contributed by atoms with van der Waals surface area (Å²) in [6.45, 7) is 4.55. The molecular formula is C21H24F2N2O5S2. The predicted octanol–water partition coefficient (Wildman–Crippen LogP) is 3.93. The molecule has 11 heteroatoms. The third kappa shape index (κ3) is 4.93. The first kappa shape index (κ1) is 24.1. The number of methoxy groups -OCH3 is 1. The number of hydrogen-bond acceptors (Lipinski definition) is 6. The number of rotatable bonds is 7. The zero-order valence-corrected chi connectivity index (χ0v) is 19.5. The van der Waals surface area contributed by atoms with E-state index in [1.165, 1.54) is 0 Å². The Bertz CT molecular complexity index is 1150. The topological polar surface area (TPSA) is 92.8 Å². The van der Waals surface area contributed by atoms with Crippen molar-refractivity contribution in [2.24, 2.45) is 5.92 Å². The summed E-state index contributed by atoms with van der Waals surface area (Å²) in [5.74, 6) is -2.93. The lowest BCUT2D eigenvalue weighted by Crippen LogP contribution is -2.36. The molecule has 0 radical (unpaired) electrons. The van der Waals surface area contributed by atoms with Crippen molar-refractivity contribution >= 4 is 38.9 Å². The minimum Gasteiger partial charge on any atom is -0.465 e. The highest BCUT2D eigenvalue weighted by atomic mass is 32.2. The van der Waals surface area contributed by atoms with Gasteiger partial charge in [-0.1, -0.05) is 20.3 Å². The molecule has 0 spiro atoms. The Kier molecular flexibility index (Phi) is 7.19. The summed E-state index contributed by atoms with van der Waals surface area (Å²) in [4.78, 5) is 27.3. The van der Waals surface area contributed by atoms with E-state index in [0.29, 0.717) is 35.9 Å². The van der Waals surface area contributed by atoms with Crippen LogP contribution in [0.5, 0.6) is 0 Å². The number of thiophene rings is 1. The molecule has 32 heavy (non-hydrogen) atoms. The van der Waals surface area contributed by atoms with Crippen LogP contribution in [0.2, 0.25) is 0 Å². The average Bonchev–Trinajstić information content (AvgIpc) is 3.15. The Hall–Kier alpha value is -2.53. The Morgan fingerprint density at radius 2 is 2.00 bits per heavy atom. The molecule has 1 N–H and O–H groups in total. The molecular weight excluding hydrogens is 462 g/mol. The lowest BCUT2D eigenvalue weighted by molar-refractivity contribution is -0.133. The van der Waals surface area contributed by atoms with Gasteiger partial charge in [0.05, 0.1) is 24.9 Å². The maximum atomic E-state index is 13.5. The number of halogens is 2. The molecule has 1 aromatic carbocycles. The van der Waals surface area contributed by atoms with Crippen LogP contribution in [-0.4, -0.2) is 38.8 Å². The van der Waals surface area contributed by atoms with Crippen LogP contribution in [0.25, 0.3) is 0 Å². The van der Waals surface area contributed by atoms with E-state index in [4.69, 9.17) is 4.74 Å². The van der Waals surface area contributed by atoms with Crippen molar-refractivity contribution in [2.75, 3.05) is 18.4 Å². The van der Waals surface area contributed by atoms with Gasteiger partial charge in [0.2, 0.25) is 5.91 Å². The zero-order valence-electron chi connectivity index (χ0n) is 17.9. The van der Waals surface area contributed by atoms with E-state index in [1.807, 2.05) is 13.8 Å². The number of nitrogens with zero attached hydrogens (tertiary/aromatic N) is 1. The van der Waals surface area contributed by atoms with Crippen molar-refractivity contribution < 1.29 is 31.5 Å². The van der Waals surface area contributed by atoms with Crippen LogP contribution in [0.3, 0.4) is 0 Å². The minimum absolute atomic E-state index is 0.0256. The fourth-order valence-corrected chi connectivity index (χ4v) is 6.37. The second-order valence-corrected chi connectivity index (χ2v) is 10.7. The van der Waals surface area contributed by atoms with E-state index in [9.17, 15) is 26.8 Å². The maximum absolute atomic E-state index is 13.5. The molecule has 7 nitrogen and oxygen atoms in total. The zero-order chi connectivity index (χ0) is 23.6. The van der Waals surface area contributed by atoms with Crippen molar-refractivity contribution in [3.63, 3.8) is 0 Å². The number of amides is 1. The van der Waals surface area contributed by atoms with Gasteiger partial charge in [-0.15, -0.1) is 11.3 Å². The number of hydrogen-bond donors (Lipinski definition) is 1. The first-order chi connectivity index (χ1) is 15.1. The van der Waals surface area contributed by atoms with E-state index in [2.05, 4.69) is 4.72 Å². The third-order valence-corrected chi connectivity index (χ3v) is 8.52. The lowest BCUT2D eigenvalue weighted by atomic mass is 10.0. The van der Waals surface area contributed by atoms with Crippen molar-refractivity contribution in [3.05, 3.63) is 45.8 Å². The summed E-state index contributed by atoms with van der Waals surface area (Å²) in [5.41, 5.74) is 0.258. The van der Waals surface area contributed by atoms with Crippen molar-refractivity contribution in [2.45, 2.75) is 43.9 Å². The van der Waals surface area contributed by atoms with Crippen molar-refractivity contribution in [1.29, 1.82) is 0 Å². The molecule has 1 atom stereocenters. The van der Waals surface area contributed by atoms with E-state index >= 15 is 0 Å². The van der Waals surface area contributed by atoms with E-state index in [0.717, 1.165) is 37.0 Å². The van der Waals surface area contributed by atoms with Crippen molar-refractivity contribution in [3.8, 4) is 0 Å². The maximum Gasteiger partial charge on any atom is 0.340 e. The minimum atomic E-state index is -4.31. The van der Waals surface area contributed by atoms with Gasteiger partial charge >= 0.3 is 5.97 Å². The Labute approximate surface area is 189 Å². The van der Waals surface area contributed by atoms with Gasteiger partial charge in [-0.25, -0.2) is 22.0 Å². The molecule has 0 bridgehead atoms. The Morgan fingerprint density at radius 3 is 2.62 bits per heavy atom. The highest BCUT2D eigenvalue weighted by molar-refractivity contribution is 7.94. The van der Waals surface area contributed by atoms with E-state index in [1.54, 1.807) is 4.90 Å². The van der Waals surface area contributed by atoms with Gasteiger partial charge < -0.3 is 9.64 Å². The summed E-state index contributed by atoms with van der Waals surface area (Å²) in [5, 5.41) is 0. The fourth-order valence-electron chi connectivity index (χ4n) is 3.42. The quantitative estimate of drug-likeness (QED) is 0.599. The Balaban J connectivity index is 1.96. The monoisotopic (exact) mass is 486 g/mol. The van der Waals surface area contributed by atoms with Crippen molar-refractivity contribution in [1.82, 2.24) is 4.90 Å². The first-order valence-corrected chi connectivity index (χ1v) is 12.4. The largest absolute Gasteiger partial charge is 0.465 e. The number of carbonyl (C=O) groups excluding carboxylic acids is 2. The second-order valence-electron chi connectivity index (χ2n) is 7.68. The normalized spacial score (nSPS) is 14.6. The van der Waals surface area contributed by atoms with Gasteiger partial charge in [-0.2, -0.15) is 0 Å². The smallest absolute Gasteiger partial charge is 0.340 e. The molecule has 0 unspecified atom stereocenters. The number of carbonyl (C=O) groups is 2. The molecule has 0 aliphatic carbocycles. The van der Waals surface area contributed by atoms with Crippen LogP contribution in [0, 0.1) is 17.6 Å². The highest BCUT2D eigenvalue weighted by Crippen LogP contribution is 2.37. The summed E-state index contributed by atoms with van der Waals surface area (Å²) in [6.07, 6.45) is 1.57. The summed E-state index contributed by atoms with van der Waals surface area (Å²) >= 11 is 0.872. The number of esters is 1. The second kappa shape index (κ2) is 9.53. The van der Waals surface area contributed by atoms with Gasteiger partial charge in [0.15, 0.2) is 15.8 Å². The van der Waals surface area contributed by atoms with Crippen LogP contribution in [0.4, 0.5) is 14.5 Å². The molecule has 2 heterocycles. The predicted molar refractivity (Wildman–Crippen MR) is 116 cm³/mol. The number of nitrogens with one attached hydrogen (secondary N) is 1. The molecule has 1 aliphatic rings. The molecule has 2 aromatic rings. The lowest BCUT2D eigenvalue weighted by Gasteiger charge is -2.28. The molecule has 1 amide bonds. The van der Waals surface area contributed by atoms with Gasteiger partial charge in [0.25, 0.3) is 10.0 Å². The van der Waals surface area contributed by atoms with Crippen LogP contribution in [-0.2, 0) is 32.5 Å². The van der Waals surface area contributed by atoms with Gasteiger partial charge in [-0.3, -0.25) is 9.52 Å². The number of anilines is 1. The molecule has 0 saturated heterocycles. The van der Waals surface area contributed by atoms with E-state index in [-0.39, 0.29) is 33.8 Å². The number of fused-ring (bicyclic) bond motifs is 1.